The second-order valence-corrected chi connectivity index (χ2v) is 9.58. The van der Waals surface area contributed by atoms with E-state index in [2.05, 4.69) is 5.32 Å². The lowest BCUT2D eigenvalue weighted by molar-refractivity contribution is 0.0726. The van der Waals surface area contributed by atoms with Gasteiger partial charge < -0.3 is 19.7 Å². The minimum atomic E-state index is -0.257. The summed E-state index contributed by atoms with van der Waals surface area (Å²) in [5.74, 6) is 0.543. The zero-order chi connectivity index (χ0) is 27.2. The third-order valence-electron chi connectivity index (χ3n) is 6.95. The maximum atomic E-state index is 14.3. The van der Waals surface area contributed by atoms with Crippen molar-refractivity contribution >= 4 is 5.91 Å². The minimum absolute atomic E-state index is 0.146. The van der Waals surface area contributed by atoms with Crippen LogP contribution >= 0.6 is 0 Å². The van der Waals surface area contributed by atoms with Crippen LogP contribution in [0.5, 0.6) is 5.75 Å². The summed E-state index contributed by atoms with van der Waals surface area (Å²) in [5.41, 5.74) is 4.12. The average Bonchev–Trinajstić information content (AvgIpc) is 3.25. The van der Waals surface area contributed by atoms with E-state index in [1.54, 1.807) is 16.2 Å². The summed E-state index contributed by atoms with van der Waals surface area (Å²) >= 11 is 0. The topological polar surface area (TPSA) is 77.7 Å². The number of piperazine rings is 1. The van der Waals surface area contributed by atoms with Gasteiger partial charge in [-0.3, -0.25) is 13.9 Å². The number of hydrogen-bond donors (Lipinski definition) is 1. The van der Waals surface area contributed by atoms with Crippen molar-refractivity contribution in [2.75, 3.05) is 46.5 Å². The first-order chi connectivity index (χ1) is 19.1. The zero-order valence-electron chi connectivity index (χ0n) is 22.4. The van der Waals surface area contributed by atoms with Crippen LogP contribution in [0.4, 0.5) is 0 Å². The van der Waals surface area contributed by atoms with Crippen LogP contribution in [0.3, 0.4) is 0 Å². The number of para-hydroxylation sites is 1. The third kappa shape index (κ3) is 5.67. The molecule has 5 rings (SSSR count). The van der Waals surface area contributed by atoms with E-state index >= 15 is 0 Å². The predicted octanol–water partition coefficient (Wildman–Crippen LogP) is 3.73. The van der Waals surface area contributed by atoms with Crippen molar-refractivity contribution in [1.29, 1.82) is 0 Å². The molecule has 3 aromatic carbocycles. The van der Waals surface area contributed by atoms with Crippen molar-refractivity contribution in [3.8, 4) is 22.7 Å². The Hall–Kier alpha value is -4.14. The van der Waals surface area contributed by atoms with Crippen molar-refractivity contribution in [2.45, 2.75) is 13.5 Å². The van der Waals surface area contributed by atoms with Crippen molar-refractivity contribution in [3.63, 3.8) is 0 Å². The van der Waals surface area contributed by atoms with Crippen molar-refractivity contribution in [1.82, 2.24) is 19.4 Å². The molecule has 0 aliphatic carbocycles. The van der Waals surface area contributed by atoms with E-state index in [4.69, 9.17) is 9.47 Å². The fourth-order valence-corrected chi connectivity index (χ4v) is 4.99. The maximum absolute atomic E-state index is 14.3. The number of aryl methyl sites for hydroxylation is 1. The van der Waals surface area contributed by atoms with Gasteiger partial charge in [0.15, 0.2) is 0 Å². The first-order valence-electron chi connectivity index (χ1n) is 13.3. The highest BCUT2D eigenvalue weighted by atomic mass is 16.5. The van der Waals surface area contributed by atoms with Crippen molar-refractivity contribution < 1.29 is 14.3 Å². The highest BCUT2D eigenvalue weighted by Crippen LogP contribution is 2.29. The standard InChI is InChI=1S/C31H34N4O4/c1-23-9-6-7-14-27(23)35-28(25-11-4-3-5-12-25)29(30(36)33-17-15-32-16-18-33)34(31(35)37)22-24-10-8-13-26(21-24)39-20-19-38-2/h3-14,21,32H,15-20,22H2,1-2H3. The second-order valence-electron chi connectivity index (χ2n) is 9.58. The minimum Gasteiger partial charge on any atom is -0.491 e. The van der Waals surface area contributed by atoms with Gasteiger partial charge in [0, 0.05) is 38.9 Å². The molecule has 0 unspecified atom stereocenters. The molecule has 39 heavy (non-hydrogen) atoms. The van der Waals surface area contributed by atoms with Gasteiger partial charge in [-0.05, 0) is 36.2 Å². The van der Waals surface area contributed by atoms with Gasteiger partial charge in [0.2, 0.25) is 0 Å². The first-order valence-corrected chi connectivity index (χ1v) is 13.3. The molecule has 1 aliphatic heterocycles. The largest absolute Gasteiger partial charge is 0.491 e. The molecule has 0 bridgehead atoms. The maximum Gasteiger partial charge on any atom is 0.334 e. The molecular weight excluding hydrogens is 492 g/mol. The second kappa shape index (κ2) is 12.1. The summed E-state index contributed by atoms with van der Waals surface area (Å²) in [7, 11) is 1.63. The predicted molar refractivity (Wildman–Crippen MR) is 152 cm³/mol. The normalized spacial score (nSPS) is 13.4. The summed E-state index contributed by atoms with van der Waals surface area (Å²) in [4.78, 5) is 30.4. The van der Waals surface area contributed by atoms with Crippen LogP contribution in [0.1, 0.15) is 21.6 Å². The van der Waals surface area contributed by atoms with Gasteiger partial charge in [-0.25, -0.2) is 4.79 Å². The van der Waals surface area contributed by atoms with Gasteiger partial charge in [-0.1, -0.05) is 60.7 Å². The molecule has 1 aromatic heterocycles. The molecule has 1 fully saturated rings. The molecule has 2 heterocycles. The van der Waals surface area contributed by atoms with Crippen LogP contribution in [-0.4, -0.2) is 66.4 Å². The molecule has 0 radical (unpaired) electrons. The number of carbonyl (C=O) groups is 1. The molecule has 0 atom stereocenters. The van der Waals surface area contributed by atoms with E-state index in [-0.39, 0.29) is 18.1 Å². The highest BCUT2D eigenvalue weighted by Gasteiger charge is 2.31. The Morgan fingerprint density at radius 1 is 0.923 bits per heavy atom. The molecule has 1 saturated heterocycles. The van der Waals surface area contributed by atoms with Gasteiger partial charge in [0.25, 0.3) is 5.91 Å². The Balaban J connectivity index is 1.70. The van der Waals surface area contributed by atoms with Gasteiger partial charge >= 0.3 is 5.69 Å². The number of ether oxygens (including phenoxy) is 2. The van der Waals surface area contributed by atoms with Crippen LogP contribution < -0.4 is 15.7 Å². The summed E-state index contributed by atoms with van der Waals surface area (Å²) in [6.07, 6.45) is 0. The van der Waals surface area contributed by atoms with E-state index in [0.717, 1.165) is 35.5 Å². The van der Waals surface area contributed by atoms with Gasteiger partial charge in [-0.15, -0.1) is 0 Å². The lowest BCUT2D eigenvalue weighted by Crippen LogP contribution is -2.47. The van der Waals surface area contributed by atoms with Gasteiger partial charge in [-0.2, -0.15) is 0 Å². The van der Waals surface area contributed by atoms with E-state index in [1.807, 2.05) is 90.7 Å². The Morgan fingerprint density at radius 3 is 2.41 bits per heavy atom. The number of nitrogens with one attached hydrogen (secondary N) is 1. The monoisotopic (exact) mass is 526 g/mol. The highest BCUT2D eigenvalue weighted by molar-refractivity contribution is 5.99. The van der Waals surface area contributed by atoms with Crippen molar-refractivity contribution in [2.24, 2.45) is 0 Å². The van der Waals surface area contributed by atoms with E-state index in [0.29, 0.717) is 43.4 Å². The molecular formula is C31H34N4O4. The van der Waals surface area contributed by atoms with Crippen molar-refractivity contribution in [3.05, 3.63) is 106 Å². The van der Waals surface area contributed by atoms with Crippen LogP contribution in [0.25, 0.3) is 16.9 Å². The molecule has 0 spiro atoms. The number of rotatable bonds is 9. The number of carbonyl (C=O) groups excluding carboxylic acids is 1. The number of benzene rings is 3. The van der Waals surface area contributed by atoms with E-state index in [9.17, 15) is 9.59 Å². The average molecular weight is 527 g/mol. The number of nitrogens with zero attached hydrogens (tertiary/aromatic N) is 3. The molecule has 8 heteroatoms. The Morgan fingerprint density at radius 2 is 1.67 bits per heavy atom. The van der Waals surface area contributed by atoms with E-state index in [1.165, 1.54) is 0 Å². The summed E-state index contributed by atoms with van der Waals surface area (Å²) in [6, 6.07) is 25.1. The number of methoxy groups -OCH3 is 1. The zero-order valence-corrected chi connectivity index (χ0v) is 22.4. The van der Waals surface area contributed by atoms with Gasteiger partial charge in [0.1, 0.15) is 18.1 Å². The number of aromatic nitrogens is 2. The number of imidazole rings is 1. The Kier molecular flexibility index (Phi) is 8.24. The van der Waals surface area contributed by atoms with Crippen LogP contribution in [0.2, 0.25) is 0 Å². The third-order valence-corrected chi connectivity index (χ3v) is 6.95. The lowest BCUT2D eigenvalue weighted by atomic mass is 10.1. The smallest absolute Gasteiger partial charge is 0.334 e. The Bertz CT molecular complexity index is 1490. The lowest BCUT2D eigenvalue weighted by Gasteiger charge is -2.28. The van der Waals surface area contributed by atoms with E-state index < -0.39 is 0 Å². The molecule has 4 aromatic rings. The summed E-state index contributed by atoms with van der Waals surface area (Å²) in [5, 5.41) is 3.31. The Labute approximate surface area is 228 Å². The molecule has 0 saturated carbocycles. The summed E-state index contributed by atoms with van der Waals surface area (Å²) in [6.45, 7) is 5.71. The first kappa shape index (κ1) is 26.5. The number of amides is 1. The van der Waals surface area contributed by atoms with Gasteiger partial charge in [0.05, 0.1) is 24.5 Å². The van der Waals surface area contributed by atoms with Crippen LogP contribution in [0, 0.1) is 6.92 Å². The van der Waals surface area contributed by atoms with Crippen LogP contribution in [-0.2, 0) is 11.3 Å². The number of hydrogen-bond acceptors (Lipinski definition) is 5. The molecule has 1 amide bonds. The fraction of sp³-hybridized carbons (Fsp3) is 0.290. The summed E-state index contributed by atoms with van der Waals surface area (Å²) < 4.78 is 14.2. The van der Waals surface area contributed by atoms with Crippen LogP contribution in [0.15, 0.2) is 83.7 Å². The SMILES string of the molecule is COCCOc1cccc(Cn2c(C(=O)N3CCNCC3)c(-c3ccccc3)n(-c3ccccc3C)c2=O)c1. The fourth-order valence-electron chi connectivity index (χ4n) is 4.99. The quantitative estimate of drug-likeness (QED) is 0.336. The molecule has 8 nitrogen and oxygen atoms in total. The molecule has 1 N–H and O–H groups in total. The molecule has 202 valence electrons. The molecule has 1 aliphatic rings.